The summed E-state index contributed by atoms with van der Waals surface area (Å²) in [5, 5.41) is 0.841. The third-order valence-corrected chi connectivity index (χ3v) is 2.96. The van der Waals surface area contributed by atoms with Crippen LogP contribution in [-0.2, 0) is 0 Å². The highest BCUT2D eigenvalue weighted by atomic mass is 35.5. The summed E-state index contributed by atoms with van der Waals surface area (Å²) in [7, 11) is 0. The highest BCUT2D eigenvalue weighted by Crippen LogP contribution is 2.36. The Kier molecular flexibility index (Phi) is 5.76. The smallest absolute Gasteiger partial charge is 0.275 e. The van der Waals surface area contributed by atoms with Crippen LogP contribution < -0.4 is 22.5 Å². The molecule has 1 aliphatic carbocycles. The number of rotatable bonds is 1. The van der Waals surface area contributed by atoms with Crippen molar-refractivity contribution < 1.29 is 4.79 Å². The lowest BCUT2D eigenvalue weighted by molar-refractivity contribution is 0.241. The lowest BCUT2D eigenvalue weighted by atomic mass is 9.80. The van der Waals surface area contributed by atoms with Gasteiger partial charge in [0.25, 0.3) is 0 Å². The van der Waals surface area contributed by atoms with Crippen LogP contribution in [0.15, 0.2) is 24.3 Å². The molecule has 0 saturated heterocycles. The summed E-state index contributed by atoms with van der Waals surface area (Å²) in [4.78, 5) is 9.71. The average molecular weight is 257 g/mol. The first kappa shape index (κ1) is 13.8. The summed E-state index contributed by atoms with van der Waals surface area (Å²) in [5.74, 6) is 9.91. The Morgan fingerprint density at radius 2 is 1.71 bits per heavy atom. The van der Waals surface area contributed by atoms with Crippen LogP contribution in [-0.4, -0.2) is 6.03 Å². The number of hydrazine groups is 2. The van der Waals surface area contributed by atoms with Gasteiger partial charge in [0.2, 0.25) is 0 Å². The molecule has 17 heavy (non-hydrogen) atoms. The number of halogens is 1. The number of carbonyl (C=O) groups is 1. The summed E-state index contributed by atoms with van der Waals surface area (Å²) >= 11 is 5.78. The molecule has 0 aromatic heterocycles. The fraction of sp³-hybridized carbons (Fsp3) is 0.364. The molecule has 1 aromatic rings. The van der Waals surface area contributed by atoms with Gasteiger partial charge in [0, 0.05) is 5.02 Å². The Labute approximate surface area is 105 Å². The molecule has 1 saturated carbocycles. The molecular formula is C11H17ClN4O. The van der Waals surface area contributed by atoms with Crippen LogP contribution in [0.1, 0.15) is 30.7 Å². The van der Waals surface area contributed by atoms with Crippen molar-refractivity contribution in [2.75, 3.05) is 0 Å². The second kappa shape index (κ2) is 7.11. The molecule has 0 radical (unpaired) electrons. The van der Waals surface area contributed by atoms with E-state index in [-0.39, 0.29) is 0 Å². The van der Waals surface area contributed by atoms with Gasteiger partial charge in [-0.05, 0) is 36.5 Å². The highest BCUT2D eigenvalue weighted by Gasteiger charge is 2.18. The van der Waals surface area contributed by atoms with E-state index in [1.807, 2.05) is 12.1 Å². The number of carbonyl (C=O) groups excluding carboxylic acids is 1. The third-order valence-electron chi connectivity index (χ3n) is 2.71. The van der Waals surface area contributed by atoms with Crippen LogP contribution in [0.4, 0.5) is 4.79 Å². The summed E-state index contributed by atoms with van der Waals surface area (Å²) in [6.45, 7) is 0. The lowest BCUT2D eigenvalue weighted by Crippen LogP contribution is -2.43. The van der Waals surface area contributed by atoms with Crippen molar-refractivity contribution in [1.82, 2.24) is 10.9 Å². The number of nitrogens with one attached hydrogen (secondary N) is 2. The third kappa shape index (κ3) is 4.60. The van der Waals surface area contributed by atoms with Gasteiger partial charge in [0.1, 0.15) is 0 Å². The fourth-order valence-corrected chi connectivity index (χ4v) is 1.64. The van der Waals surface area contributed by atoms with Crippen molar-refractivity contribution in [3.8, 4) is 0 Å². The number of nitrogens with two attached hydrogens (primary N) is 2. The van der Waals surface area contributed by atoms with Gasteiger partial charge in [0.05, 0.1) is 0 Å². The molecule has 5 nitrogen and oxygen atoms in total. The first-order valence-corrected chi connectivity index (χ1v) is 5.77. The van der Waals surface area contributed by atoms with Gasteiger partial charge in [-0.3, -0.25) is 10.9 Å². The van der Waals surface area contributed by atoms with Crippen molar-refractivity contribution in [2.45, 2.75) is 25.2 Å². The maximum atomic E-state index is 9.71. The Morgan fingerprint density at radius 1 is 1.18 bits per heavy atom. The first-order valence-electron chi connectivity index (χ1n) is 5.40. The van der Waals surface area contributed by atoms with Crippen LogP contribution in [0, 0.1) is 0 Å². The predicted octanol–water partition coefficient (Wildman–Crippen LogP) is 1.64. The zero-order chi connectivity index (χ0) is 12.7. The maximum Gasteiger partial charge on any atom is 0.343 e. The number of urea groups is 1. The maximum absolute atomic E-state index is 9.71. The topological polar surface area (TPSA) is 93.2 Å². The van der Waals surface area contributed by atoms with E-state index in [9.17, 15) is 4.79 Å². The SMILES string of the molecule is Clc1ccc(C2CCC2)cc1.NNC(=O)NN. The minimum atomic E-state index is -0.602. The van der Waals surface area contributed by atoms with E-state index < -0.39 is 6.03 Å². The molecule has 0 aliphatic heterocycles. The zero-order valence-corrected chi connectivity index (χ0v) is 10.2. The van der Waals surface area contributed by atoms with E-state index in [2.05, 4.69) is 23.8 Å². The Morgan fingerprint density at radius 3 is 2.00 bits per heavy atom. The van der Waals surface area contributed by atoms with E-state index in [1.165, 1.54) is 24.8 Å². The van der Waals surface area contributed by atoms with Gasteiger partial charge in [-0.2, -0.15) is 0 Å². The quantitative estimate of drug-likeness (QED) is 0.350. The first-order chi connectivity index (χ1) is 8.17. The molecule has 2 rings (SSSR count). The predicted molar refractivity (Wildman–Crippen MR) is 68.1 cm³/mol. The van der Waals surface area contributed by atoms with Crippen molar-refractivity contribution in [3.63, 3.8) is 0 Å². The highest BCUT2D eigenvalue weighted by molar-refractivity contribution is 6.30. The van der Waals surface area contributed by atoms with Gasteiger partial charge >= 0.3 is 6.03 Å². The number of benzene rings is 1. The second-order valence-electron chi connectivity index (χ2n) is 3.80. The van der Waals surface area contributed by atoms with Crippen LogP contribution in [0.25, 0.3) is 0 Å². The average Bonchev–Trinajstić information content (AvgIpc) is 2.29. The molecule has 1 fully saturated rings. The van der Waals surface area contributed by atoms with Crippen LogP contribution in [0.3, 0.4) is 0 Å². The molecule has 6 N–H and O–H groups in total. The lowest BCUT2D eigenvalue weighted by Gasteiger charge is -2.25. The molecule has 0 spiro atoms. The van der Waals surface area contributed by atoms with Gasteiger partial charge in [-0.1, -0.05) is 30.2 Å². The van der Waals surface area contributed by atoms with E-state index in [0.29, 0.717) is 0 Å². The Bertz CT molecular complexity index is 345. The molecule has 0 unspecified atom stereocenters. The minimum Gasteiger partial charge on any atom is -0.275 e. The van der Waals surface area contributed by atoms with Gasteiger partial charge in [0.15, 0.2) is 0 Å². The van der Waals surface area contributed by atoms with Gasteiger partial charge < -0.3 is 0 Å². The standard InChI is InChI=1S/C10H11Cl.CH6N4O/c11-10-6-4-9(5-7-10)8-2-1-3-8;2-4-1(6)5-3/h4-8H,1-3H2;2-3H2,(H2,4,5,6). The number of hydrogen-bond donors (Lipinski definition) is 4. The van der Waals surface area contributed by atoms with Crippen LogP contribution in [0.5, 0.6) is 0 Å². The fourth-order valence-electron chi connectivity index (χ4n) is 1.52. The summed E-state index contributed by atoms with van der Waals surface area (Å²) in [6, 6.07) is 7.65. The molecule has 6 heteroatoms. The molecule has 1 aromatic carbocycles. The molecule has 0 atom stereocenters. The Hall–Kier alpha value is -1.30. The van der Waals surface area contributed by atoms with E-state index >= 15 is 0 Å². The molecule has 1 aliphatic rings. The van der Waals surface area contributed by atoms with Crippen molar-refractivity contribution >= 4 is 17.6 Å². The molecule has 0 heterocycles. The number of amides is 2. The molecule has 2 amide bonds. The van der Waals surface area contributed by atoms with Gasteiger partial charge in [-0.25, -0.2) is 16.5 Å². The monoisotopic (exact) mass is 256 g/mol. The van der Waals surface area contributed by atoms with Crippen molar-refractivity contribution in [2.24, 2.45) is 11.7 Å². The van der Waals surface area contributed by atoms with Gasteiger partial charge in [-0.15, -0.1) is 0 Å². The number of hydrogen-bond acceptors (Lipinski definition) is 3. The molecule has 0 bridgehead atoms. The van der Waals surface area contributed by atoms with Crippen molar-refractivity contribution in [1.29, 1.82) is 0 Å². The van der Waals surface area contributed by atoms with Crippen molar-refractivity contribution in [3.05, 3.63) is 34.9 Å². The second-order valence-corrected chi connectivity index (χ2v) is 4.23. The zero-order valence-electron chi connectivity index (χ0n) is 9.45. The van der Waals surface area contributed by atoms with E-state index in [0.717, 1.165) is 10.9 Å². The van der Waals surface area contributed by atoms with Crippen LogP contribution >= 0.6 is 11.6 Å². The Balaban J connectivity index is 0.000000209. The largest absolute Gasteiger partial charge is 0.343 e. The normalized spacial score (nSPS) is 14.1. The molecular weight excluding hydrogens is 240 g/mol. The molecule has 94 valence electrons. The van der Waals surface area contributed by atoms with E-state index in [4.69, 9.17) is 11.6 Å². The van der Waals surface area contributed by atoms with Crippen LogP contribution in [0.2, 0.25) is 5.02 Å². The summed E-state index contributed by atoms with van der Waals surface area (Å²) in [5.41, 5.74) is 4.94. The summed E-state index contributed by atoms with van der Waals surface area (Å²) < 4.78 is 0. The summed E-state index contributed by atoms with van der Waals surface area (Å²) in [6.07, 6.45) is 4.12. The minimum absolute atomic E-state index is 0.602. The van der Waals surface area contributed by atoms with E-state index in [1.54, 1.807) is 10.9 Å².